The number of rotatable bonds is 7. The van der Waals surface area contributed by atoms with Gasteiger partial charge in [-0.25, -0.2) is 18.5 Å². The van der Waals surface area contributed by atoms with E-state index in [9.17, 15) is 8.42 Å². The highest BCUT2D eigenvalue weighted by Crippen LogP contribution is 2.21. The summed E-state index contributed by atoms with van der Waals surface area (Å²) >= 11 is 1.15. The number of sulfonamides is 1. The number of aliphatic imine (C=N–C) groups is 1. The molecule has 0 radical (unpaired) electrons. The van der Waals surface area contributed by atoms with Crippen molar-refractivity contribution in [3.63, 3.8) is 0 Å². The highest BCUT2D eigenvalue weighted by atomic mass is 127. The molecular formula is C18H27IN4O2S2. The Morgan fingerprint density at radius 2 is 1.85 bits per heavy atom. The van der Waals surface area contributed by atoms with Gasteiger partial charge in [0.1, 0.15) is 4.21 Å². The van der Waals surface area contributed by atoms with Crippen molar-refractivity contribution in [3.8, 4) is 0 Å². The number of halogens is 1. The first-order valence-corrected chi connectivity index (χ1v) is 10.9. The maximum Gasteiger partial charge on any atom is 0.247 e. The van der Waals surface area contributed by atoms with Gasteiger partial charge in [-0.15, -0.1) is 35.3 Å². The van der Waals surface area contributed by atoms with Crippen LogP contribution in [0.15, 0.2) is 45.6 Å². The van der Waals surface area contributed by atoms with E-state index in [2.05, 4.69) is 53.7 Å². The summed E-state index contributed by atoms with van der Waals surface area (Å²) in [5.41, 5.74) is 2.52. The Hall–Kier alpha value is -1.17. The smallest absolute Gasteiger partial charge is 0.247 e. The maximum atomic E-state index is 11.3. The molecule has 150 valence electrons. The Bertz CT molecular complexity index is 849. The van der Waals surface area contributed by atoms with E-state index in [0.29, 0.717) is 18.4 Å². The molecule has 1 unspecified atom stereocenters. The first-order valence-electron chi connectivity index (χ1n) is 8.50. The van der Waals surface area contributed by atoms with Gasteiger partial charge in [-0.1, -0.05) is 36.8 Å². The molecule has 0 amide bonds. The largest absolute Gasteiger partial charge is 0.357 e. The van der Waals surface area contributed by atoms with E-state index >= 15 is 0 Å². The summed E-state index contributed by atoms with van der Waals surface area (Å²) in [4.78, 5) is 5.37. The van der Waals surface area contributed by atoms with E-state index in [1.807, 2.05) is 6.92 Å². The van der Waals surface area contributed by atoms with Crippen LogP contribution >= 0.6 is 35.3 Å². The van der Waals surface area contributed by atoms with Crippen LogP contribution in [-0.4, -0.2) is 27.5 Å². The Balaban J connectivity index is 0.00000364. The van der Waals surface area contributed by atoms with Crippen molar-refractivity contribution < 1.29 is 8.42 Å². The van der Waals surface area contributed by atoms with E-state index in [0.717, 1.165) is 29.3 Å². The number of hydrogen-bond donors (Lipinski definition) is 3. The maximum absolute atomic E-state index is 11.3. The first kappa shape index (κ1) is 23.9. The number of nitrogens with zero attached hydrogens (tertiary/aromatic N) is 1. The number of hydrogen-bond acceptors (Lipinski definition) is 4. The number of guanidine groups is 1. The second-order valence-electron chi connectivity index (χ2n) is 6.15. The van der Waals surface area contributed by atoms with Crippen molar-refractivity contribution in [2.24, 2.45) is 10.1 Å². The molecule has 0 aliphatic rings. The Kier molecular flexibility index (Phi) is 9.71. The SMILES string of the molecule is CCNC(=NCc1ccc(S(N)(=O)=O)s1)NCC(C)c1ccc(C)cc1.I. The van der Waals surface area contributed by atoms with Crippen LogP contribution in [0.1, 0.15) is 35.8 Å². The molecule has 0 saturated carbocycles. The number of thiophene rings is 1. The van der Waals surface area contributed by atoms with Crippen LogP contribution in [0.3, 0.4) is 0 Å². The van der Waals surface area contributed by atoms with Crippen LogP contribution in [-0.2, 0) is 16.6 Å². The predicted octanol–water partition coefficient (Wildman–Crippen LogP) is 3.18. The Morgan fingerprint density at radius 3 is 2.41 bits per heavy atom. The van der Waals surface area contributed by atoms with Gasteiger partial charge >= 0.3 is 0 Å². The minimum absolute atomic E-state index is 0. The molecule has 6 nitrogen and oxygen atoms in total. The molecule has 1 heterocycles. The lowest BCUT2D eigenvalue weighted by Gasteiger charge is -2.16. The number of aryl methyl sites for hydroxylation is 1. The van der Waals surface area contributed by atoms with Crippen molar-refractivity contribution in [2.75, 3.05) is 13.1 Å². The molecule has 9 heteroatoms. The summed E-state index contributed by atoms with van der Waals surface area (Å²) in [5, 5.41) is 11.7. The number of nitrogens with two attached hydrogens (primary N) is 1. The molecule has 4 N–H and O–H groups in total. The minimum atomic E-state index is -3.65. The second kappa shape index (κ2) is 11.0. The van der Waals surface area contributed by atoms with Gasteiger partial charge in [0, 0.05) is 18.0 Å². The van der Waals surface area contributed by atoms with Crippen LogP contribution in [0.5, 0.6) is 0 Å². The van der Waals surface area contributed by atoms with Crippen molar-refractivity contribution in [1.29, 1.82) is 0 Å². The lowest BCUT2D eigenvalue weighted by atomic mass is 10.0. The second-order valence-corrected chi connectivity index (χ2v) is 9.11. The summed E-state index contributed by atoms with van der Waals surface area (Å²) in [6.07, 6.45) is 0. The van der Waals surface area contributed by atoms with Gasteiger partial charge in [0.25, 0.3) is 0 Å². The zero-order valence-electron chi connectivity index (χ0n) is 15.7. The number of primary sulfonamides is 1. The number of benzene rings is 1. The van der Waals surface area contributed by atoms with Crippen LogP contribution in [0, 0.1) is 6.92 Å². The molecule has 2 rings (SSSR count). The quantitative estimate of drug-likeness (QED) is 0.296. The van der Waals surface area contributed by atoms with Gasteiger partial charge in [-0.3, -0.25) is 0 Å². The highest BCUT2D eigenvalue weighted by Gasteiger charge is 2.11. The fraction of sp³-hybridized carbons (Fsp3) is 0.389. The van der Waals surface area contributed by atoms with Gasteiger partial charge < -0.3 is 10.6 Å². The monoisotopic (exact) mass is 522 g/mol. The standard InChI is InChI=1S/C18H26N4O2S2.HI/c1-4-20-18(21-11-14(3)15-7-5-13(2)6-8-15)22-12-16-9-10-17(25-16)26(19,23)24;/h5-10,14H,4,11-12H2,1-3H3,(H2,19,23,24)(H2,20,21,22);1H. The Morgan fingerprint density at radius 1 is 1.19 bits per heavy atom. The van der Waals surface area contributed by atoms with Crippen molar-refractivity contribution >= 4 is 51.3 Å². The van der Waals surface area contributed by atoms with Crippen LogP contribution in [0.4, 0.5) is 0 Å². The number of nitrogens with one attached hydrogen (secondary N) is 2. The third kappa shape index (κ3) is 7.76. The summed E-state index contributed by atoms with van der Waals surface area (Å²) < 4.78 is 22.9. The van der Waals surface area contributed by atoms with Crippen molar-refractivity contribution in [3.05, 3.63) is 52.4 Å². The molecule has 1 aromatic carbocycles. The summed E-state index contributed by atoms with van der Waals surface area (Å²) in [7, 11) is -3.65. The summed E-state index contributed by atoms with van der Waals surface area (Å²) in [6.45, 7) is 8.14. The first-order chi connectivity index (χ1) is 12.3. The fourth-order valence-corrected chi connectivity index (χ4v) is 4.06. The van der Waals surface area contributed by atoms with E-state index in [1.165, 1.54) is 17.2 Å². The molecule has 0 bridgehead atoms. The summed E-state index contributed by atoms with van der Waals surface area (Å²) in [5.74, 6) is 1.05. The lowest BCUT2D eigenvalue weighted by molar-refractivity contribution is 0.600. The normalized spacial score (nSPS) is 13.0. The Labute approximate surface area is 182 Å². The van der Waals surface area contributed by atoms with Gasteiger partial charge in [0.05, 0.1) is 6.54 Å². The topological polar surface area (TPSA) is 96.6 Å². The molecule has 0 aliphatic carbocycles. The molecule has 0 fully saturated rings. The third-order valence-corrected chi connectivity index (χ3v) is 6.39. The molecular weight excluding hydrogens is 495 g/mol. The molecule has 1 aromatic heterocycles. The zero-order valence-corrected chi connectivity index (χ0v) is 19.7. The molecule has 0 spiro atoms. The van der Waals surface area contributed by atoms with Crippen molar-refractivity contribution in [1.82, 2.24) is 10.6 Å². The molecule has 27 heavy (non-hydrogen) atoms. The molecule has 0 saturated heterocycles. The van der Waals surface area contributed by atoms with Gasteiger partial charge in [-0.05, 0) is 37.5 Å². The molecule has 2 aromatic rings. The lowest BCUT2D eigenvalue weighted by Crippen LogP contribution is -2.39. The van der Waals surface area contributed by atoms with E-state index in [1.54, 1.807) is 6.07 Å². The van der Waals surface area contributed by atoms with Crippen LogP contribution in [0.2, 0.25) is 0 Å². The molecule has 1 atom stereocenters. The van der Waals surface area contributed by atoms with Gasteiger partial charge in [0.2, 0.25) is 10.0 Å². The molecule has 0 aliphatic heterocycles. The van der Waals surface area contributed by atoms with Gasteiger partial charge in [-0.2, -0.15) is 0 Å². The van der Waals surface area contributed by atoms with Gasteiger partial charge in [0.15, 0.2) is 5.96 Å². The van der Waals surface area contributed by atoms with Crippen LogP contribution < -0.4 is 15.8 Å². The third-order valence-electron chi connectivity index (χ3n) is 3.88. The van der Waals surface area contributed by atoms with Crippen LogP contribution in [0.25, 0.3) is 0 Å². The van der Waals surface area contributed by atoms with E-state index < -0.39 is 10.0 Å². The predicted molar refractivity (Wildman–Crippen MR) is 124 cm³/mol. The minimum Gasteiger partial charge on any atom is -0.357 e. The summed E-state index contributed by atoms with van der Waals surface area (Å²) in [6, 6.07) is 11.8. The highest BCUT2D eigenvalue weighted by molar-refractivity contribution is 14.0. The average Bonchev–Trinajstić information content (AvgIpc) is 3.07. The van der Waals surface area contributed by atoms with E-state index in [4.69, 9.17) is 5.14 Å². The average molecular weight is 522 g/mol. The zero-order chi connectivity index (χ0) is 19.2. The fourth-order valence-electron chi connectivity index (χ4n) is 2.36. The van der Waals surface area contributed by atoms with E-state index in [-0.39, 0.29) is 28.2 Å². The van der Waals surface area contributed by atoms with Crippen molar-refractivity contribution in [2.45, 2.75) is 37.4 Å².